The molecule has 4 aromatic heterocycles. The monoisotopic (exact) mass is 442 g/mol. The van der Waals surface area contributed by atoms with Crippen molar-refractivity contribution in [1.29, 1.82) is 0 Å². The number of nitrogens with zero attached hydrogens (tertiary/aromatic N) is 3. The van der Waals surface area contributed by atoms with Crippen LogP contribution in [0, 0.1) is 5.82 Å². The third-order valence-corrected chi connectivity index (χ3v) is 4.80. The number of nitrogens with one attached hydrogen (secondary N) is 1. The Balaban J connectivity index is 1.61. The van der Waals surface area contributed by atoms with Gasteiger partial charge in [0.05, 0.1) is 18.2 Å². The Bertz CT molecular complexity index is 1470. The van der Waals surface area contributed by atoms with E-state index in [1.54, 1.807) is 48.8 Å². The lowest BCUT2D eigenvalue weighted by Crippen LogP contribution is -2.14. The second-order valence-corrected chi connectivity index (χ2v) is 6.98. The predicted molar refractivity (Wildman–Crippen MR) is 118 cm³/mol. The summed E-state index contributed by atoms with van der Waals surface area (Å²) in [5, 5.41) is 7.24. The Morgan fingerprint density at radius 3 is 2.48 bits per heavy atom. The summed E-state index contributed by atoms with van der Waals surface area (Å²) in [5.41, 5.74) is 1.25. The molecule has 0 fully saturated rings. The summed E-state index contributed by atoms with van der Waals surface area (Å²) in [6, 6.07) is 12.4. The van der Waals surface area contributed by atoms with Crippen molar-refractivity contribution in [3.63, 3.8) is 0 Å². The van der Waals surface area contributed by atoms with Crippen LogP contribution >= 0.6 is 0 Å². The van der Waals surface area contributed by atoms with Crippen molar-refractivity contribution < 1.29 is 22.8 Å². The molecule has 1 N–H and O–H groups in total. The largest absolute Gasteiger partial charge is 0.459 e. The molecule has 5 rings (SSSR count). The first kappa shape index (κ1) is 20.1. The molecule has 0 saturated carbocycles. The van der Waals surface area contributed by atoms with Gasteiger partial charge >= 0.3 is 5.91 Å². The van der Waals surface area contributed by atoms with E-state index in [4.69, 9.17) is 8.83 Å². The average Bonchev–Trinajstić information content (AvgIpc) is 3.59. The molecule has 0 unspecified atom stereocenters. The molecule has 33 heavy (non-hydrogen) atoms. The molecule has 0 saturated heterocycles. The zero-order chi connectivity index (χ0) is 22.8. The number of aromatic nitrogens is 3. The van der Waals surface area contributed by atoms with Gasteiger partial charge < -0.3 is 14.2 Å². The Labute approximate surface area is 186 Å². The quantitative estimate of drug-likeness (QED) is 0.417. The first-order valence-corrected chi connectivity index (χ1v) is 9.83. The lowest BCUT2D eigenvalue weighted by atomic mass is 10.1. The number of pyridine rings is 1. The van der Waals surface area contributed by atoms with E-state index in [-0.39, 0.29) is 22.7 Å². The van der Waals surface area contributed by atoms with Gasteiger partial charge in [0.1, 0.15) is 5.52 Å². The summed E-state index contributed by atoms with van der Waals surface area (Å²) < 4.78 is 26.4. The van der Waals surface area contributed by atoms with Gasteiger partial charge in [-0.3, -0.25) is 14.6 Å². The fourth-order valence-electron chi connectivity index (χ4n) is 3.32. The number of amides is 1. The van der Waals surface area contributed by atoms with Gasteiger partial charge in [0.15, 0.2) is 17.3 Å². The number of rotatable bonds is 5. The minimum atomic E-state index is -0.740. The van der Waals surface area contributed by atoms with Crippen molar-refractivity contribution in [3.05, 3.63) is 102 Å². The molecule has 0 aliphatic rings. The molecule has 0 aliphatic carbocycles. The second-order valence-electron chi connectivity index (χ2n) is 6.98. The SMILES string of the molecule is O=C(Nc1cc(F)c2c(c1)c(C=Cc1cccnc1)nn2C(=O)c1ccco1)c1ccco1. The van der Waals surface area contributed by atoms with E-state index in [0.717, 1.165) is 16.3 Å². The minimum Gasteiger partial charge on any atom is -0.459 e. The Morgan fingerprint density at radius 1 is 1.00 bits per heavy atom. The van der Waals surface area contributed by atoms with E-state index in [1.165, 1.54) is 24.7 Å². The van der Waals surface area contributed by atoms with Crippen LogP contribution in [0.3, 0.4) is 0 Å². The highest BCUT2D eigenvalue weighted by molar-refractivity contribution is 6.06. The highest BCUT2D eigenvalue weighted by Gasteiger charge is 2.22. The Hall–Kier alpha value is -4.79. The first-order valence-electron chi connectivity index (χ1n) is 9.83. The maximum atomic E-state index is 15.2. The summed E-state index contributed by atoms with van der Waals surface area (Å²) in [6.45, 7) is 0. The van der Waals surface area contributed by atoms with Gasteiger partial charge in [-0.2, -0.15) is 9.78 Å². The highest BCUT2D eigenvalue weighted by atomic mass is 19.1. The summed E-state index contributed by atoms with van der Waals surface area (Å²) in [6.07, 6.45) is 9.39. The van der Waals surface area contributed by atoms with Crippen molar-refractivity contribution in [2.75, 3.05) is 5.32 Å². The maximum absolute atomic E-state index is 15.2. The maximum Gasteiger partial charge on any atom is 0.314 e. The summed E-state index contributed by atoms with van der Waals surface area (Å²) in [5.74, 6) is -1.81. The third-order valence-electron chi connectivity index (χ3n) is 4.80. The molecule has 0 radical (unpaired) electrons. The van der Waals surface area contributed by atoms with Gasteiger partial charge in [0, 0.05) is 23.5 Å². The molecule has 0 atom stereocenters. The minimum absolute atomic E-state index is 0.0109. The van der Waals surface area contributed by atoms with Gasteiger partial charge in [-0.1, -0.05) is 12.1 Å². The standard InChI is InChI=1S/C24H15FN4O4/c25-18-13-16(27-23(30)20-5-2-10-32-20)12-17-19(8-7-15-4-1-9-26-14-15)28-29(22(17)18)24(31)21-6-3-11-33-21/h1-14H,(H,27,30). The Morgan fingerprint density at radius 2 is 1.79 bits per heavy atom. The number of benzene rings is 1. The van der Waals surface area contributed by atoms with Crippen molar-refractivity contribution in [1.82, 2.24) is 14.8 Å². The molecule has 1 amide bonds. The van der Waals surface area contributed by atoms with E-state index in [9.17, 15) is 9.59 Å². The van der Waals surface area contributed by atoms with E-state index in [1.807, 2.05) is 6.07 Å². The zero-order valence-electron chi connectivity index (χ0n) is 16.9. The van der Waals surface area contributed by atoms with Crippen LogP contribution in [0.5, 0.6) is 0 Å². The van der Waals surface area contributed by atoms with Crippen LogP contribution in [0.25, 0.3) is 23.1 Å². The van der Waals surface area contributed by atoms with Crippen LogP contribution in [0.4, 0.5) is 10.1 Å². The molecule has 0 bridgehead atoms. The molecule has 162 valence electrons. The smallest absolute Gasteiger partial charge is 0.314 e. The van der Waals surface area contributed by atoms with Crippen LogP contribution in [-0.4, -0.2) is 26.6 Å². The number of carbonyl (C=O) groups is 2. The molecular weight excluding hydrogens is 427 g/mol. The van der Waals surface area contributed by atoms with Gasteiger partial charge in [0.2, 0.25) is 0 Å². The van der Waals surface area contributed by atoms with Gasteiger partial charge in [0.25, 0.3) is 5.91 Å². The molecule has 4 heterocycles. The van der Waals surface area contributed by atoms with Gasteiger partial charge in [-0.15, -0.1) is 0 Å². The van der Waals surface area contributed by atoms with E-state index >= 15 is 4.39 Å². The number of hydrogen-bond donors (Lipinski definition) is 1. The van der Waals surface area contributed by atoms with Crippen LogP contribution in [0.1, 0.15) is 32.4 Å². The van der Waals surface area contributed by atoms with Crippen molar-refractivity contribution in [2.24, 2.45) is 0 Å². The van der Waals surface area contributed by atoms with E-state index < -0.39 is 17.6 Å². The van der Waals surface area contributed by atoms with E-state index in [0.29, 0.717) is 11.1 Å². The molecule has 5 aromatic rings. The van der Waals surface area contributed by atoms with Crippen LogP contribution in [0.15, 0.2) is 82.3 Å². The predicted octanol–water partition coefficient (Wildman–Crippen LogP) is 4.87. The van der Waals surface area contributed by atoms with Crippen LogP contribution < -0.4 is 5.32 Å². The van der Waals surface area contributed by atoms with Crippen LogP contribution in [-0.2, 0) is 0 Å². The van der Waals surface area contributed by atoms with Crippen molar-refractivity contribution in [2.45, 2.75) is 0 Å². The number of halogens is 1. The number of fused-ring (bicyclic) bond motifs is 1. The fourth-order valence-corrected chi connectivity index (χ4v) is 3.32. The number of carbonyl (C=O) groups excluding carboxylic acids is 2. The van der Waals surface area contributed by atoms with Gasteiger partial charge in [-0.05, 0) is 54.1 Å². The Kier molecular flexibility index (Phi) is 5.12. The summed E-state index contributed by atoms with van der Waals surface area (Å²) >= 11 is 0. The molecule has 0 spiro atoms. The molecule has 9 heteroatoms. The lowest BCUT2D eigenvalue weighted by Gasteiger charge is -2.06. The topological polar surface area (TPSA) is 103 Å². The number of anilines is 1. The average molecular weight is 442 g/mol. The highest BCUT2D eigenvalue weighted by Crippen LogP contribution is 2.28. The first-order chi connectivity index (χ1) is 16.1. The zero-order valence-corrected chi connectivity index (χ0v) is 16.9. The number of hydrogen-bond acceptors (Lipinski definition) is 6. The third kappa shape index (κ3) is 3.94. The van der Waals surface area contributed by atoms with Crippen molar-refractivity contribution in [3.8, 4) is 0 Å². The summed E-state index contributed by atoms with van der Waals surface area (Å²) in [4.78, 5) is 29.3. The molecule has 8 nitrogen and oxygen atoms in total. The van der Waals surface area contributed by atoms with E-state index in [2.05, 4.69) is 15.4 Å². The fraction of sp³-hybridized carbons (Fsp3) is 0. The molecular formula is C24H15FN4O4. The molecule has 0 aliphatic heterocycles. The van der Waals surface area contributed by atoms with Gasteiger partial charge in [-0.25, -0.2) is 4.39 Å². The lowest BCUT2D eigenvalue weighted by molar-refractivity contribution is 0.0921. The second kappa shape index (κ2) is 8.39. The van der Waals surface area contributed by atoms with Crippen molar-refractivity contribution >= 4 is 40.6 Å². The van der Waals surface area contributed by atoms with Crippen LogP contribution in [0.2, 0.25) is 0 Å². The summed E-state index contributed by atoms with van der Waals surface area (Å²) in [7, 11) is 0. The molecule has 1 aromatic carbocycles. The normalized spacial score (nSPS) is 11.3. The number of furan rings is 2.